The third kappa shape index (κ3) is 1.73. The number of rotatable bonds is 2. The number of aromatic nitrogens is 1. The quantitative estimate of drug-likeness (QED) is 0.802. The molecule has 0 N–H and O–H groups in total. The summed E-state index contributed by atoms with van der Waals surface area (Å²) in [5, 5.41) is 1.09. The molecule has 0 aliphatic heterocycles. The van der Waals surface area contributed by atoms with Gasteiger partial charge in [0.25, 0.3) is 0 Å². The fourth-order valence-corrected chi connectivity index (χ4v) is 2.58. The lowest BCUT2D eigenvalue weighted by Crippen LogP contribution is -1.98. The van der Waals surface area contributed by atoms with E-state index < -0.39 is 9.84 Å². The van der Waals surface area contributed by atoms with E-state index in [1.807, 2.05) is 17.7 Å². The molecule has 0 fully saturated rings. The van der Waals surface area contributed by atoms with Crippen LogP contribution in [-0.2, 0) is 23.3 Å². The highest BCUT2D eigenvalue weighted by Gasteiger charge is 2.10. The van der Waals surface area contributed by atoms with Gasteiger partial charge in [-0.2, -0.15) is 0 Å². The Balaban J connectivity index is 2.75. The lowest BCUT2D eigenvalue weighted by atomic mass is 10.2. The van der Waals surface area contributed by atoms with Crippen LogP contribution < -0.4 is 0 Å². The maximum Gasteiger partial charge on any atom is 0.175 e. The summed E-state index contributed by atoms with van der Waals surface area (Å²) in [4.78, 5) is 0.379. The van der Waals surface area contributed by atoms with Crippen LogP contribution in [0.1, 0.15) is 12.6 Å². The summed E-state index contributed by atoms with van der Waals surface area (Å²) >= 11 is 0. The van der Waals surface area contributed by atoms with Gasteiger partial charge in [-0.05, 0) is 30.0 Å². The van der Waals surface area contributed by atoms with Crippen LogP contribution in [0.5, 0.6) is 0 Å². The smallest absolute Gasteiger partial charge is 0.175 e. The molecule has 0 aliphatic carbocycles. The lowest BCUT2D eigenvalue weighted by molar-refractivity contribution is 0.602. The highest BCUT2D eigenvalue weighted by molar-refractivity contribution is 7.90. The molecular weight excluding hydrogens is 222 g/mol. The topological polar surface area (TPSA) is 39.1 Å². The van der Waals surface area contributed by atoms with Crippen molar-refractivity contribution >= 4 is 20.7 Å². The van der Waals surface area contributed by atoms with E-state index in [1.165, 1.54) is 11.9 Å². The third-order valence-electron chi connectivity index (χ3n) is 2.91. The SMILES string of the molecule is CCc1cc2ccc(S(C)(=O)=O)cc2n1C. The van der Waals surface area contributed by atoms with E-state index in [9.17, 15) is 8.42 Å². The van der Waals surface area contributed by atoms with Crippen molar-refractivity contribution in [1.29, 1.82) is 0 Å². The molecule has 0 saturated carbocycles. The van der Waals surface area contributed by atoms with Gasteiger partial charge in [-0.25, -0.2) is 8.42 Å². The molecule has 16 heavy (non-hydrogen) atoms. The van der Waals surface area contributed by atoms with Gasteiger partial charge >= 0.3 is 0 Å². The van der Waals surface area contributed by atoms with Crippen LogP contribution in [0.3, 0.4) is 0 Å². The van der Waals surface area contributed by atoms with Crippen LogP contribution in [0.2, 0.25) is 0 Å². The number of benzene rings is 1. The molecule has 0 atom stereocenters. The van der Waals surface area contributed by atoms with E-state index in [1.54, 1.807) is 12.1 Å². The van der Waals surface area contributed by atoms with Gasteiger partial charge in [-0.1, -0.05) is 13.0 Å². The Labute approximate surface area is 95.6 Å². The van der Waals surface area contributed by atoms with Gasteiger partial charge in [0.1, 0.15) is 0 Å². The van der Waals surface area contributed by atoms with E-state index in [2.05, 4.69) is 13.0 Å². The zero-order valence-electron chi connectivity index (χ0n) is 9.69. The first-order chi connectivity index (χ1) is 7.43. The summed E-state index contributed by atoms with van der Waals surface area (Å²) in [5.74, 6) is 0. The van der Waals surface area contributed by atoms with E-state index in [-0.39, 0.29) is 0 Å². The van der Waals surface area contributed by atoms with Crippen molar-refractivity contribution in [1.82, 2.24) is 4.57 Å². The van der Waals surface area contributed by atoms with Gasteiger partial charge < -0.3 is 4.57 Å². The maximum absolute atomic E-state index is 11.5. The van der Waals surface area contributed by atoms with Gasteiger partial charge in [0.15, 0.2) is 9.84 Å². The molecule has 3 nitrogen and oxygen atoms in total. The summed E-state index contributed by atoms with van der Waals surface area (Å²) in [6, 6.07) is 7.37. The Bertz CT molecular complexity index is 638. The van der Waals surface area contributed by atoms with Gasteiger partial charge in [-0.3, -0.25) is 0 Å². The van der Waals surface area contributed by atoms with Crippen molar-refractivity contribution in [2.24, 2.45) is 7.05 Å². The van der Waals surface area contributed by atoms with E-state index in [0.29, 0.717) is 4.90 Å². The minimum absolute atomic E-state index is 0.379. The van der Waals surface area contributed by atoms with Gasteiger partial charge in [0, 0.05) is 24.5 Å². The van der Waals surface area contributed by atoms with Crippen LogP contribution in [0.4, 0.5) is 0 Å². The maximum atomic E-state index is 11.5. The van der Waals surface area contributed by atoms with Crippen molar-refractivity contribution < 1.29 is 8.42 Å². The molecule has 0 aliphatic rings. The molecule has 0 spiro atoms. The van der Waals surface area contributed by atoms with E-state index in [0.717, 1.165) is 17.3 Å². The predicted molar refractivity (Wildman–Crippen MR) is 65.4 cm³/mol. The Hall–Kier alpha value is -1.29. The van der Waals surface area contributed by atoms with Crippen molar-refractivity contribution in [2.75, 3.05) is 6.26 Å². The minimum atomic E-state index is -3.12. The van der Waals surface area contributed by atoms with Crippen molar-refractivity contribution in [3.05, 3.63) is 30.0 Å². The lowest BCUT2D eigenvalue weighted by Gasteiger charge is -2.02. The van der Waals surface area contributed by atoms with Crippen LogP contribution in [0.15, 0.2) is 29.2 Å². The van der Waals surface area contributed by atoms with Crippen LogP contribution in [0.25, 0.3) is 10.9 Å². The molecule has 0 amide bonds. The second kappa shape index (κ2) is 3.63. The van der Waals surface area contributed by atoms with Crippen LogP contribution >= 0.6 is 0 Å². The Morgan fingerprint density at radius 3 is 2.50 bits per heavy atom. The summed E-state index contributed by atoms with van der Waals surface area (Å²) in [5.41, 5.74) is 2.18. The van der Waals surface area contributed by atoms with Crippen LogP contribution in [0, 0.1) is 0 Å². The highest BCUT2D eigenvalue weighted by atomic mass is 32.2. The molecule has 1 heterocycles. The van der Waals surface area contributed by atoms with Crippen LogP contribution in [-0.4, -0.2) is 19.2 Å². The number of sulfone groups is 1. The molecule has 0 unspecified atom stereocenters. The fourth-order valence-electron chi connectivity index (χ4n) is 1.94. The molecule has 2 rings (SSSR count). The average Bonchev–Trinajstić information content (AvgIpc) is 2.54. The normalized spacial score (nSPS) is 12.2. The number of nitrogens with zero attached hydrogens (tertiary/aromatic N) is 1. The van der Waals surface area contributed by atoms with Crippen molar-refractivity contribution in [3.8, 4) is 0 Å². The standard InChI is InChI=1S/C12H15NO2S/c1-4-10-7-9-5-6-11(16(3,14)15)8-12(9)13(10)2/h5-8H,4H2,1-3H3. The fraction of sp³-hybridized carbons (Fsp3) is 0.333. The second-order valence-electron chi connectivity index (χ2n) is 4.04. The molecule has 0 bridgehead atoms. The molecular formula is C12H15NO2S. The first kappa shape index (κ1) is 11.2. The summed E-state index contributed by atoms with van der Waals surface area (Å²) in [7, 11) is -1.16. The molecule has 0 saturated heterocycles. The first-order valence-corrected chi connectivity index (χ1v) is 7.11. The molecule has 4 heteroatoms. The Kier molecular flexibility index (Phi) is 2.54. The average molecular weight is 237 g/mol. The number of fused-ring (bicyclic) bond motifs is 1. The number of hydrogen-bond donors (Lipinski definition) is 0. The molecule has 0 radical (unpaired) electrons. The predicted octanol–water partition coefficient (Wildman–Crippen LogP) is 2.14. The van der Waals surface area contributed by atoms with Crippen molar-refractivity contribution in [2.45, 2.75) is 18.2 Å². The molecule has 86 valence electrons. The Morgan fingerprint density at radius 1 is 1.25 bits per heavy atom. The monoisotopic (exact) mass is 237 g/mol. The summed E-state index contributed by atoms with van der Waals surface area (Å²) < 4.78 is 25.0. The zero-order chi connectivity index (χ0) is 11.9. The highest BCUT2D eigenvalue weighted by Crippen LogP contribution is 2.22. The molecule has 1 aromatic carbocycles. The van der Waals surface area contributed by atoms with Crippen molar-refractivity contribution in [3.63, 3.8) is 0 Å². The Morgan fingerprint density at radius 2 is 1.94 bits per heavy atom. The van der Waals surface area contributed by atoms with Gasteiger partial charge in [-0.15, -0.1) is 0 Å². The second-order valence-corrected chi connectivity index (χ2v) is 6.06. The number of aryl methyl sites for hydroxylation is 2. The minimum Gasteiger partial charge on any atom is -0.348 e. The largest absolute Gasteiger partial charge is 0.348 e. The third-order valence-corrected chi connectivity index (χ3v) is 4.02. The summed E-state index contributed by atoms with van der Waals surface area (Å²) in [6.07, 6.45) is 2.18. The van der Waals surface area contributed by atoms with E-state index in [4.69, 9.17) is 0 Å². The molecule has 1 aromatic heterocycles. The molecule has 2 aromatic rings. The summed E-state index contributed by atoms with van der Waals surface area (Å²) in [6.45, 7) is 2.09. The number of hydrogen-bond acceptors (Lipinski definition) is 2. The van der Waals surface area contributed by atoms with E-state index >= 15 is 0 Å². The van der Waals surface area contributed by atoms with Gasteiger partial charge in [0.2, 0.25) is 0 Å². The first-order valence-electron chi connectivity index (χ1n) is 5.22. The van der Waals surface area contributed by atoms with Gasteiger partial charge in [0.05, 0.1) is 4.90 Å². The zero-order valence-corrected chi connectivity index (χ0v) is 10.5.